The van der Waals surface area contributed by atoms with Crippen molar-refractivity contribution >= 4 is 32.5 Å². The molecule has 0 spiro atoms. The van der Waals surface area contributed by atoms with Crippen LogP contribution in [0.4, 0.5) is 0 Å². The summed E-state index contributed by atoms with van der Waals surface area (Å²) < 4.78 is 25.2. The summed E-state index contributed by atoms with van der Waals surface area (Å²) in [4.78, 5) is 6.86. The Balaban J connectivity index is 1.71. The monoisotopic (exact) mass is 367 g/mol. The van der Waals surface area contributed by atoms with Crippen LogP contribution in [0.15, 0.2) is 30.5 Å². The zero-order valence-electron chi connectivity index (χ0n) is 13.7. The lowest BCUT2D eigenvalue weighted by Crippen LogP contribution is -2.40. The highest BCUT2D eigenvalue weighted by atomic mass is 35.5. The second-order valence-electron chi connectivity index (χ2n) is 6.47. The van der Waals surface area contributed by atoms with E-state index >= 15 is 0 Å². The maximum atomic E-state index is 11.3. The second-order valence-corrected chi connectivity index (χ2v) is 8.71. The summed E-state index contributed by atoms with van der Waals surface area (Å²) >= 11 is 6.26. The molecule has 0 aliphatic carbocycles. The Labute approximate surface area is 148 Å². The Morgan fingerprint density at radius 3 is 3.00 bits per heavy atom. The zero-order valence-corrected chi connectivity index (χ0v) is 15.3. The summed E-state index contributed by atoms with van der Waals surface area (Å²) in [5, 5.41) is 1.69. The maximum absolute atomic E-state index is 11.3. The third-order valence-corrected chi connectivity index (χ3v) is 5.45. The molecule has 5 nitrogen and oxygen atoms in total. The quantitative estimate of drug-likeness (QED) is 0.882. The number of sulfonamides is 1. The molecule has 130 valence electrons. The van der Waals surface area contributed by atoms with Gasteiger partial charge in [-0.1, -0.05) is 17.7 Å². The molecule has 2 aromatic rings. The van der Waals surface area contributed by atoms with Gasteiger partial charge in [0.2, 0.25) is 10.0 Å². The lowest BCUT2D eigenvalue weighted by Gasteiger charge is -2.32. The van der Waals surface area contributed by atoms with Gasteiger partial charge in [0.25, 0.3) is 0 Å². The molecule has 1 saturated heterocycles. The Morgan fingerprint density at radius 2 is 2.21 bits per heavy atom. The topological polar surface area (TPSA) is 62.3 Å². The fourth-order valence-electron chi connectivity index (χ4n) is 3.30. The van der Waals surface area contributed by atoms with Crippen molar-refractivity contribution in [3.63, 3.8) is 0 Å². The van der Waals surface area contributed by atoms with E-state index in [0.29, 0.717) is 12.5 Å². The molecular formula is C17H22ClN3O2S. The highest BCUT2D eigenvalue weighted by Crippen LogP contribution is 2.27. The van der Waals surface area contributed by atoms with Crippen LogP contribution in [-0.2, 0) is 16.6 Å². The van der Waals surface area contributed by atoms with Gasteiger partial charge in [-0.05, 0) is 49.1 Å². The van der Waals surface area contributed by atoms with Gasteiger partial charge in [-0.15, -0.1) is 0 Å². The summed E-state index contributed by atoms with van der Waals surface area (Å²) in [5.74, 6) is 0.347. The molecule has 1 aliphatic heterocycles. The predicted octanol–water partition coefficient (Wildman–Crippen LogP) is 2.65. The molecule has 0 radical (unpaired) electrons. The first-order valence-corrected chi connectivity index (χ1v) is 10.4. The number of hydrogen-bond acceptors (Lipinski definition) is 4. The Hall–Kier alpha value is -1.21. The highest BCUT2D eigenvalue weighted by molar-refractivity contribution is 7.88. The van der Waals surface area contributed by atoms with Crippen LogP contribution in [0, 0.1) is 5.92 Å². The van der Waals surface area contributed by atoms with Crippen LogP contribution in [0.5, 0.6) is 0 Å². The van der Waals surface area contributed by atoms with E-state index < -0.39 is 10.0 Å². The van der Waals surface area contributed by atoms with Gasteiger partial charge >= 0.3 is 0 Å². The standard InChI is InChI=1S/C17H22ClN3O2S/c1-24(22,23)20-10-13-4-3-9-21(11-13)12-14-6-7-16(18)15-5-2-8-19-17(14)15/h2,5-8,13,20H,3-4,9-12H2,1H3/t13-/m0/s1. The smallest absolute Gasteiger partial charge is 0.208 e. The van der Waals surface area contributed by atoms with Gasteiger partial charge < -0.3 is 0 Å². The number of pyridine rings is 1. The van der Waals surface area contributed by atoms with Crippen LogP contribution in [0.3, 0.4) is 0 Å². The normalized spacial score (nSPS) is 19.7. The van der Waals surface area contributed by atoms with Crippen LogP contribution in [0.25, 0.3) is 10.9 Å². The summed E-state index contributed by atoms with van der Waals surface area (Å²) in [6.45, 7) is 3.22. The summed E-state index contributed by atoms with van der Waals surface area (Å²) in [7, 11) is -3.13. The molecule has 1 aromatic heterocycles. The van der Waals surface area contributed by atoms with Gasteiger partial charge in [-0.3, -0.25) is 9.88 Å². The number of hydrogen-bond donors (Lipinski definition) is 1. The van der Waals surface area contributed by atoms with Crippen molar-refractivity contribution in [1.82, 2.24) is 14.6 Å². The minimum Gasteiger partial charge on any atom is -0.299 e. The summed E-state index contributed by atoms with van der Waals surface area (Å²) in [6, 6.07) is 7.85. The average molecular weight is 368 g/mol. The molecule has 0 unspecified atom stereocenters. The van der Waals surface area contributed by atoms with Crippen molar-refractivity contribution in [2.45, 2.75) is 19.4 Å². The Kier molecular flexibility index (Phi) is 5.39. The van der Waals surface area contributed by atoms with E-state index in [0.717, 1.165) is 54.0 Å². The van der Waals surface area contributed by atoms with Crippen molar-refractivity contribution < 1.29 is 8.42 Å². The summed E-state index contributed by atoms with van der Waals surface area (Å²) in [5.41, 5.74) is 2.10. The summed E-state index contributed by atoms with van der Waals surface area (Å²) in [6.07, 6.45) is 5.13. The molecule has 1 aromatic carbocycles. The van der Waals surface area contributed by atoms with Gasteiger partial charge in [0.15, 0.2) is 0 Å². The molecule has 0 bridgehead atoms. The number of halogens is 1. The van der Waals surface area contributed by atoms with Crippen molar-refractivity contribution in [1.29, 1.82) is 0 Å². The van der Waals surface area contributed by atoms with Gasteiger partial charge in [0.05, 0.1) is 11.8 Å². The SMILES string of the molecule is CS(=O)(=O)NC[C@@H]1CCCN(Cc2ccc(Cl)c3cccnc23)C1. The number of likely N-dealkylation sites (tertiary alicyclic amines) is 1. The number of piperidine rings is 1. The molecular weight excluding hydrogens is 346 g/mol. The van der Waals surface area contributed by atoms with Gasteiger partial charge in [0, 0.05) is 36.2 Å². The van der Waals surface area contributed by atoms with Crippen molar-refractivity contribution in [2.75, 3.05) is 25.9 Å². The molecule has 0 saturated carbocycles. The van der Waals surface area contributed by atoms with Crippen LogP contribution in [0.2, 0.25) is 5.02 Å². The molecule has 24 heavy (non-hydrogen) atoms. The molecule has 0 amide bonds. The lowest BCUT2D eigenvalue weighted by molar-refractivity contribution is 0.169. The van der Waals surface area contributed by atoms with E-state index in [1.54, 1.807) is 6.20 Å². The van der Waals surface area contributed by atoms with E-state index in [4.69, 9.17) is 11.6 Å². The number of fused-ring (bicyclic) bond motifs is 1. The van der Waals surface area contributed by atoms with Crippen LogP contribution < -0.4 is 4.72 Å². The third kappa shape index (κ3) is 4.45. The minimum absolute atomic E-state index is 0.347. The average Bonchev–Trinajstić information content (AvgIpc) is 2.56. The third-order valence-electron chi connectivity index (χ3n) is 4.43. The Bertz CT molecular complexity index is 826. The molecule has 1 N–H and O–H groups in total. The fourth-order valence-corrected chi connectivity index (χ4v) is 4.05. The number of benzene rings is 1. The van der Waals surface area contributed by atoms with Gasteiger partial charge in [-0.25, -0.2) is 13.1 Å². The fraction of sp³-hybridized carbons (Fsp3) is 0.471. The van der Waals surface area contributed by atoms with Crippen LogP contribution in [-0.4, -0.2) is 44.2 Å². The molecule has 7 heteroatoms. The lowest BCUT2D eigenvalue weighted by atomic mass is 9.97. The highest BCUT2D eigenvalue weighted by Gasteiger charge is 2.21. The molecule has 1 atom stereocenters. The molecule has 1 aliphatic rings. The van der Waals surface area contributed by atoms with Gasteiger partial charge in [0.1, 0.15) is 0 Å². The molecule has 3 rings (SSSR count). The first kappa shape index (κ1) is 17.6. The second kappa shape index (κ2) is 7.35. The van der Waals surface area contributed by atoms with Crippen LogP contribution in [0.1, 0.15) is 18.4 Å². The van der Waals surface area contributed by atoms with E-state index in [1.165, 1.54) is 6.26 Å². The first-order valence-electron chi connectivity index (χ1n) is 8.11. The van der Waals surface area contributed by atoms with Crippen molar-refractivity contribution in [3.05, 3.63) is 41.0 Å². The van der Waals surface area contributed by atoms with E-state index in [9.17, 15) is 8.42 Å². The van der Waals surface area contributed by atoms with Gasteiger partial charge in [-0.2, -0.15) is 0 Å². The predicted molar refractivity (Wildman–Crippen MR) is 97.6 cm³/mol. The minimum atomic E-state index is -3.13. The van der Waals surface area contributed by atoms with Crippen molar-refractivity contribution in [3.8, 4) is 0 Å². The first-order chi connectivity index (χ1) is 11.4. The van der Waals surface area contributed by atoms with Crippen molar-refractivity contribution in [2.24, 2.45) is 5.92 Å². The zero-order chi connectivity index (χ0) is 17.2. The molecule has 2 heterocycles. The van der Waals surface area contributed by atoms with E-state index in [2.05, 4.69) is 14.6 Å². The largest absolute Gasteiger partial charge is 0.299 e. The number of nitrogens with zero attached hydrogens (tertiary/aromatic N) is 2. The number of nitrogens with one attached hydrogen (secondary N) is 1. The number of aromatic nitrogens is 1. The Morgan fingerprint density at radius 1 is 1.38 bits per heavy atom. The van der Waals surface area contributed by atoms with E-state index in [1.807, 2.05) is 24.3 Å². The number of rotatable bonds is 5. The van der Waals surface area contributed by atoms with E-state index in [-0.39, 0.29) is 0 Å². The maximum Gasteiger partial charge on any atom is 0.208 e. The van der Waals surface area contributed by atoms with Crippen LogP contribution >= 0.6 is 11.6 Å². The molecule has 1 fully saturated rings.